The minimum Gasteiger partial charge on any atom is -0.364 e. The SMILES string of the molecule is Cc1cn2cc(-c3ccon3)nc2c(C)n1. The predicted octanol–water partition coefficient (Wildman–Crippen LogP) is 2.00. The summed E-state index contributed by atoms with van der Waals surface area (Å²) in [5, 5.41) is 3.86. The lowest BCUT2D eigenvalue weighted by Gasteiger charge is -1.98. The normalized spacial score (nSPS) is 11.1. The summed E-state index contributed by atoms with van der Waals surface area (Å²) in [6.45, 7) is 3.91. The van der Waals surface area contributed by atoms with E-state index in [0.717, 1.165) is 28.4 Å². The Labute approximate surface area is 91.7 Å². The Hall–Kier alpha value is -2.17. The standard InChI is InChI=1S/C11H10N4O/c1-7-5-15-6-10(9-3-4-16-14-9)13-11(15)8(2)12-7/h3-6H,1-2H3. The topological polar surface area (TPSA) is 56.2 Å². The van der Waals surface area contributed by atoms with Crippen LogP contribution in [0.25, 0.3) is 17.0 Å². The average molecular weight is 214 g/mol. The highest BCUT2D eigenvalue weighted by Gasteiger charge is 2.09. The number of nitrogens with zero attached hydrogens (tertiary/aromatic N) is 4. The first kappa shape index (κ1) is 9.08. The summed E-state index contributed by atoms with van der Waals surface area (Å²) in [5.74, 6) is 0. The molecule has 0 radical (unpaired) electrons. The minimum absolute atomic E-state index is 0.737. The third-order valence-electron chi connectivity index (χ3n) is 2.43. The lowest BCUT2D eigenvalue weighted by atomic mass is 10.3. The number of aryl methyl sites for hydroxylation is 2. The van der Waals surface area contributed by atoms with E-state index >= 15 is 0 Å². The lowest BCUT2D eigenvalue weighted by Crippen LogP contribution is -1.93. The Bertz CT molecular complexity index is 639. The van der Waals surface area contributed by atoms with Gasteiger partial charge in [0.25, 0.3) is 0 Å². The van der Waals surface area contributed by atoms with Gasteiger partial charge >= 0.3 is 0 Å². The van der Waals surface area contributed by atoms with Crippen LogP contribution in [0.4, 0.5) is 0 Å². The summed E-state index contributed by atoms with van der Waals surface area (Å²) in [4.78, 5) is 8.84. The lowest BCUT2D eigenvalue weighted by molar-refractivity contribution is 0.422. The number of imidazole rings is 1. The maximum Gasteiger partial charge on any atom is 0.159 e. The molecular formula is C11H10N4O. The van der Waals surface area contributed by atoms with Crippen molar-refractivity contribution in [2.24, 2.45) is 0 Å². The second-order valence-electron chi connectivity index (χ2n) is 3.71. The third kappa shape index (κ3) is 1.29. The van der Waals surface area contributed by atoms with Gasteiger partial charge in [-0.05, 0) is 13.8 Å². The first-order chi connectivity index (χ1) is 7.74. The molecule has 0 aliphatic heterocycles. The number of hydrogen-bond acceptors (Lipinski definition) is 4. The molecule has 3 aromatic heterocycles. The Morgan fingerprint density at radius 2 is 2.00 bits per heavy atom. The second-order valence-corrected chi connectivity index (χ2v) is 3.71. The van der Waals surface area contributed by atoms with Crippen LogP contribution in [-0.2, 0) is 0 Å². The van der Waals surface area contributed by atoms with Gasteiger partial charge in [0.15, 0.2) is 5.65 Å². The fourth-order valence-corrected chi connectivity index (χ4v) is 1.77. The van der Waals surface area contributed by atoms with Crippen LogP contribution in [0.3, 0.4) is 0 Å². The maximum absolute atomic E-state index is 4.80. The van der Waals surface area contributed by atoms with Gasteiger partial charge in [0, 0.05) is 18.5 Å². The summed E-state index contributed by atoms with van der Waals surface area (Å²) in [5.41, 5.74) is 4.26. The van der Waals surface area contributed by atoms with Gasteiger partial charge in [0.05, 0.1) is 11.4 Å². The Kier molecular flexibility index (Phi) is 1.80. The number of aromatic nitrogens is 4. The van der Waals surface area contributed by atoms with Crippen LogP contribution in [-0.4, -0.2) is 19.5 Å². The highest BCUT2D eigenvalue weighted by molar-refractivity contribution is 5.59. The van der Waals surface area contributed by atoms with Crippen molar-refractivity contribution in [3.05, 3.63) is 36.1 Å². The van der Waals surface area contributed by atoms with Crippen LogP contribution >= 0.6 is 0 Å². The van der Waals surface area contributed by atoms with Gasteiger partial charge in [-0.15, -0.1) is 0 Å². The molecule has 80 valence electrons. The van der Waals surface area contributed by atoms with Gasteiger partial charge in [0.1, 0.15) is 17.7 Å². The molecule has 16 heavy (non-hydrogen) atoms. The van der Waals surface area contributed by atoms with Crippen LogP contribution < -0.4 is 0 Å². The molecule has 0 unspecified atom stereocenters. The smallest absolute Gasteiger partial charge is 0.159 e. The van der Waals surface area contributed by atoms with Crippen molar-refractivity contribution >= 4 is 5.65 Å². The molecule has 0 atom stereocenters. The molecule has 3 aromatic rings. The first-order valence-corrected chi connectivity index (χ1v) is 4.98. The van der Waals surface area contributed by atoms with Gasteiger partial charge in [-0.1, -0.05) is 5.16 Å². The van der Waals surface area contributed by atoms with E-state index in [-0.39, 0.29) is 0 Å². The van der Waals surface area contributed by atoms with E-state index in [0.29, 0.717) is 0 Å². The van der Waals surface area contributed by atoms with Crippen LogP contribution in [0.2, 0.25) is 0 Å². The monoisotopic (exact) mass is 214 g/mol. The summed E-state index contributed by atoms with van der Waals surface area (Å²) < 4.78 is 6.76. The Morgan fingerprint density at radius 1 is 1.12 bits per heavy atom. The van der Waals surface area contributed by atoms with Gasteiger partial charge < -0.3 is 8.92 Å². The Balaban J connectivity index is 2.27. The van der Waals surface area contributed by atoms with Crippen molar-refractivity contribution in [2.45, 2.75) is 13.8 Å². The molecule has 0 aromatic carbocycles. The molecule has 0 spiro atoms. The average Bonchev–Trinajstić information content (AvgIpc) is 2.82. The molecule has 0 fully saturated rings. The van der Waals surface area contributed by atoms with Crippen LogP contribution in [0.15, 0.2) is 29.2 Å². The first-order valence-electron chi connectivity index (χ1n) is 4.98. The molecule has 5 nitrogen and oxygen atoms in total. The van der Waals surface area contributed by atoms with E-state index in [9.17, 15) is 0 Å². The number of fused-ring (bicyclic) bond motifs is 1. The van der Waals surface area contributed by atoms with Crippen LogP contribution in [0, 0.1) is 13.8 Å². The van der Waals surface area contributed by atoms with Crippen molar-refractivity contribution in [3.8, 4) is 11.4 Å². The van der Waals surface area contributed by atoms with E-state index in [1.54, 1.807) is 6.07 Å². The molecule has 0 aliphatic rings. The second kappa shape index (κ2) is 3.16. The summed E-state index contributed by atoms with van der Waals surface area (Å²) in [6.07, 6.45) is 5.41. The van der Waals surface area contributed by atoms with Crippen LogP contribution in [0.1, 0.15) is 11.4 Å². The summed E-state index contributed by atoms with van der Waals surface area (Å²) in [6, 6.07) is 1.79. The highest BCUT2D eigenvalue weighted by Crippen LogP contribution is 2.18. The van der Waals surface area contributed by atoms with E-state index < -0.39 is 0 Å². The molecule has 0 amide bonds. The Morgan fingerprint density at radius 3 is 2.75 bits per heavy atom. The van der Waals surface area contributed by atoms with E-state index in [4.69, 9.17) is 4.52 Å². The zero-order valence-corrected chi connectivity index (χ0v) is 9.01. The van der Waals surface area contributed by atoms with Crippen molar-refractivity contribution in [1.29, 1.82) is 0 Å². The molecule has 0 saturated heterocycles. The number of hydrogen-bond donors (Lipinski definition) is 0. The maximum atomic E-state index is 4.80. The van der Waals surface area contributed by atoms with Crippen LogP contribution in [0.5, 0.6) is 0 Å². The molecule has 5 heteroatoms. The van der Waals surface area contributed by atoms with Crippen molar-refractivity contribution in [1.82, 2.24) is 19.5 Å². The fourth-order valence-electron chi connectivity index (χ4n) is 1.77. The third-order valence-corrected chi connectivity index (χ3v) is 2.43. The van der Waals surface area contributed by atoms with Gasteiger partial charge in [-0.3, -0.25) is 4.98 Å². The zero-order chi connectivity index (χ0) is 11.1. The summed E-state index contributed by atoms with van der Waals surface area (Å²) >= 11 is 0. The molecule has 0 saturated carbocycles. The van der Waals surface area contributed by atoms with E-state index in [1.807, 2.05) is 30.6 Å². The largest absolute Gasteiger partial charge is 0.364 e. The molecule has 3 rings (SSSR count). The van der Waals surface area contributed by atoms with Gasteiger partial charge in [-0.2, -0.15) is 0 Å². The quantitative estimate of drug-likeness (QED) is 0.621. The van der Waals surface area contributed by atoms with Crippen molar-refractivity contribution in [2.75, 3.05) is 0 Å². The fraction of sp³-hybridized carbons (Fsp3) is 0.182. The highest BCUT2D eigenvalue weighted by atomic mass is 16.5. The predicted molar refractivity (Wildman–Crippen MR) is 58.0 cm³/mol. The molecule has 0 bridgehead atoms. The molecule has 0 N–H and O–H groups in total. The van der Waals surface area contributed by atoms with Gasteiger partial charge in [-0.25, -0.2) is 4.98 Å². The minimum atomic E-state index is 0.737. The number of rotatable bonds is 1. The molecule has 0 aliphatic carbocycles. The summed E-state index contributed by atoms with van der Waals surface area (Å²) in [7, 11) is 0. The zero-order valence-electron chi connectivity index (χ0n) is 9.01. The molecule has 3 heterocycles. The molecular weight excluding hydrogens is 204 g/mol. The van der Waals surface area contributed by atoms with E-state index in [2.05, 4.69) is 15.1 Å². The van der Waals surface area contributed by atoms with Gasteiger partial charge in [0.2, 0.25) is 0 Å². The van der Waals surface area contributed by atoms with Crippen molar-refractivity contribution < 1.29 is 4.52 Å². The van der Waals surface area contributed by atoms with E-state index in [1.165, 1.54) is 6.26 Å². The van der Waals surface area contributed by atoms with Crippen molar-refractivity contribution in [3.63, 3.8) is 0 Å².